The van der Waals surface area contributed by atoms with Gasteiger partial charge in [0.1, 0.15) is 34.9 Å². The Morgan fingerprint density at radius 1 is 1.18 bits per heavy atom. The molecule has 1 aliphatic heterocycles. The lowest BCUT2D eigenvalue weighted by Gasteiger charge is -2.39. The first-order valence-corrected chi connectivity index (χ1v) is 12.5. The van der Waals surface area contributed by atoms with Crippen molar-refractivity contribution in [1.82, 2.24) is 0 Å². The Balaban J connectivity index is 2.70. The van der Waals surface area contributed by atoms with Crippen LogP contribution >= 0.6 is 11.8 Å². The second-order valence-electron chi connectivity index (χ2n) is 6.22. The van der Waals surface area contributed by atoms with Crippen LogP contribution in [0.2, 0.25) is 0 Å². The average Bonchev–Trinajstić information content (AvgIpc) is 2.61. The van der Waals surface area contributed by atoms with Crippen LogP contribution in [0.1, 0.15) is 32.1 Å². The molecule has 0 amide bonds. The van der Waals surface area contributed by atoms with E-state index in [1.807, 2.05) is 0 Å². The van der Waals surface area contributed by atoms with Crippen LogP contribution in [0.4, 0.5) is 0 Å². The molecule has 0 aromatic carbocycles. The Labute approximate surface area is 170 Å². The van der Waals surface area contributed by atoms with E-state index >= 15 is 0 Å². The number of thioether (sulfide) groups is 1. The lowest BCUT2D eigenvalue weighted by molar-refractivity contribution is -0.205. The second-order valence-corrected chi connectivity index (χ2v) is 9.92. The molecule has 1 aliphatic rings. The smallest absolute Gasteiger partial charge is 0.284 e. The lowest BCUT2D eigenvalue weighted by Crippen LogP contribution is -2.57. The molecule has 166 valence electrons. The minimum Gasteiger partial charge on any atom is -0.714 e. The van der Waals surface area contributed by atoms with Gasteiger partial charge >= 0.3 is 0 Å². The first-order chi connectivity index (χ1) is 13.0. The standard InChI is InChI=1S/C14H27NO10S3/c1-27(20)7-5-3-2-4-6-10(15-25-28(21,22)23)26-14-13(19)12(18)11(17)9(8-16)24-14/h9,11-14,16-19H,2-8H2,1H3,(H,21,22,23)/p-1/b15-10+/t9-,11-,12+,13-,14+,27?/m1/s1. The Hall–Kier alpha value is -0.320. The number of hydrogen-bond acceptors (Lipinski definition) is 12. The third-order valence-corrected chi connectivity index (χ3v) is 6.20. The average molecular weight is 465 g/mol. The molecular weight excluding hydrogens is 438 g/mol. The van der Waals surface area contributed by atoms with Crippen molar-refractivity contribution in [2.24, 2.45) is 5.16 Å². The Morgan fingerprint density at radius 3 is 2.39 bits per heavy atom. The number of hydrogen-bond donors (Lipinski definition) is 4. The molecule has 1 unspecified atom stereocenters. The molecule has 0 aromatic rings. The van der Waals surface area contributed by atoms with E-state index in [2.05, 4.69) is 9.44 Å². The highest BCUT2D eigenvalue weighted by atomic mass is 32.3. The number of unbranched alkanes of at least 4 members (excludes halogenated alkanes) is 3. The van der Waals surface area contributed by atoms with Gasteiger partial charge in [0.05, 0.1) is 6.61 Å². The van der Waals surface area contributed by atoms with Crippen LogP contribution in [-0.4, -0.2) is 91.1 Å². The minimum absolute atomic E-state index is 0.0304. The summed E-state index contributed by atoms with van der Waals surface area (Å²) < 4.78 is 52.2. The molecule has 0 bridgehead atoms. The molecule has 28 heavy (non-hydrogen) atoms. The van der Waals surface area contributed by atoms with Gasteiger partial charge in [-0.3, -0.25) is 8.49 Å². The zero-order valence-electron chi connectivity index (χ0n) is 15.2. The fourth-order valence-corrected chi connectivity index (χ4v) is 4.40. The van der Waals surface area contributed by atoms with Gasteiger partial charge in [-0.05, 0) is 19.3 Å². The van der Waals surface area contributed by atoms with Gasteiger partial charge in [-0.2, -0.15) is 8.42 Å². The zero-order valence-corrected chi connectivity index (χ0v) is 17.7. The molecule has 6 atom stereocenters. The normalized spacial score (nSPS) is 30.2. The van der Waals surface area contributed by atoms with Crippen molar-refractivity contribution in [2.45, 2.75) is 62.0 Å². The monoisotopic (exact) mass is 464 g/mol. The molecule has 1 rings (SSSR count). The number of oxime groups is 1. The molecule has 0 aromatic heterocycles. The summed E-state index contributed by atoms with van der Waals surface area (Å²) in [5.74, 6) is 0.581. The number of ether oxygens (including phenoxy) is 1. The lowest BCUT2D eigenvalue weighted by atomic mass is 10.0. The van der Waals surface area contributed by atoms with Crippen molar-refractivity contribution < 1.29 is 46.6 Å². The van der Waals surface area contributed by atoms with Gasteiger partial charge < -0.3 is 29.7 Å². The van der Waals surface area contributed by atoms with E-state index in [1.54, 1.807) is 6.26 Å². The Morgan fingerprint density at radius 2 is 1.82 bits per heavy atom. The van der Waals surface area contributed by atoms with E-state index in [0.717, 1.165) is 31.0 Å². The number of rotatable bonds is 11. The van der Waals surface area contributed by atoms with E-state index in [1.165, 1.54) is 0 Å². The SMILES string of the molecule is CS(=O)CCCCCC/C(=N\OS(=O)(=O)[O-])S[C@@H]1O[C@H](CO)[C@@H](O)[C@H](O)[C@H]1O. The molecule has 14 heteroatoms. The highest BCUT2D eigenvalue weighted by Gasteiger charge is 2.44. The van der Waals surface area contributed by atoms with Gasteiger partial charge in [0.25, 0.3) is 10.4 Å². The van der Waals surface area contributed by atoms with Gasteiger partial charge in [0, 0.05) is 22.8 Å². The summed E-state index contributed by atoms with van der Waals surface area (Å²) in [7, 11) is -5.95. The maximum Gasteiger partial charge on any atom is 0.284 e. The van der Waals surface area contributed by atoms with Crippen LogP contribution in [-0.2, 0) is 30.2 Å². The molecule has 1 fully saturated rings. The maximum absolute atomic E-state index is 11.0. The fraction of sp³-hybridized carbons (Fsp3) is 0.929. The molecule has 1 saturated heterocycles. The topological polar surface area (TPSA) is 186 Å². The number of aliphatic hydroxyl groups excluding tert-OH is 4. The van der Waals surface area contributed by atoms with Gasteiger partial charge in [0.2, 0.25) is 0 Å². The highest BCUT2D eigenvalue weighted by molar-refractivity contribution is 8.14. The molecule has 0 saturated carbocycles. The third-order valence-electron chi connectivity index (χ3n) is 3.90. The largest absolute Gasteiger partial charge is 0.714 e. The van der Waals surface area contributed by atoms with Crippen molar-refractivity contribution in [3.63, 3.8) is 0 Å². The highest BCUT2D eigenvalue weighted by Crippen LogP contribution is 2.30. The molecule has 0 radical (unpaired) electrons. The predicted molar refractivity (Wildman–Crippen MR) is 102 cm³/mol. The summed E-state index contributed by atoms with van der Waals surface area (Å²) in [5.41, 5.74) is -1.17. The van der Waals surface area contributed by atoms with Crippen LogP contribution in [0.3, 0.4) is 0 Å². The van der Waals surface area contributed by atoms with Crippen molar-refractivity contribution in [3.05, 3.63) is 0 Å². The molecule has 0 spiro atoms. The first-order valence-electron chi connectivity index (χ1n) is 8.53. The fourth-order valence-electron chi connectivity index (χ4n) is 2.45. The van der Waals surface area contributed by atoms with Crippen LogP contribution in [0, 0.1) is 0 Å². The molecule has 4 N–H and O–H groups in total. The summed E-state index contributed by atoms with van der Waals surface area (Å²) in [6.07, 6.45) is -1.17. The summed E-state index contributed by atoms with van der Waals surface area (Å²) in [4.78, 5) is 0. The second kappa shape index (κ2) is 12.4. The van der Waals surface area contributed by atoms with Crippen LogP contribution in [0.5, 0.6) is 0 Å². The quantitative estimate of drug-likeness (QED) is 0.0706. The molecule has 1 heterocycles. The first kappa shape index (κ1) is 25.7. The van der Waals surface area contributed by atoms with Gasteiger partial charge in [-0.1, -0.05) is 29.8 Å². The van der Waals surface area contributed by atoms with Crippen molar-refractivity contribution in [1.29, 1.82) is 0 Å². The van der Waals surface area contributed by atoms with E-state index < -0.39 is 57.7 Å². The Bertz CT molecular complexity index is 627. The van der Waals surface area contributed by atoms with Crippen molar-refractivity contribution in [2.75, 3.05) is 18.6 Å². The van der Waals surface area contributed by atoms with Crippen LogP contribution in [0.15, 0.2) is 5.16 Å². The Kier molecular flexibility index (Phi) is 11.4. The van der Waals surface area contributed by atoms with E-state index in [0.29, 0.717) is 12.2 Å². The van der Waals surface area contributed by atoms with E-state index in [9.17, 15) is 37.6 Å². The van der Waals surface area contributed by atoms with Gasteiger partial charge in [0.15, 0.2) is 0 Å². The minimum atomic E-state index is -5.07. The van der Waals surface area contributed by atoms with E-state index in [4.69, 9.17) is 4.74 Å². The third kappa shape index (κ3) is 9.45. The summed E-state index contributed by atoms with van der Waals surface area (Å²) in [6, 6.07) is 0. The molecule has 11 nitrogen and oxygen atoms in total. The zero-order chi connectivity index (χ0) is 21.3. The number of nitrogens with zero attached hydrogens (tertiary/aromatic N) is 1. The van der Waals surface area contributed by atoms with Gasteiger partial charge in [-0.25, -0.2) is 0 Å². The van der Waals surface area contributed by atoms with Crippen molar-refractivity contribution >= 4 is 38.0 Å². The van der Waals surface area contributed by atoms with Crippen LogP contribution in [0.25, 0.3) is 0 Å². The maximum atomic E-state index is 11.0. The summed E-state index contributed by atoms with van der Waals surface area (Å²) in [6.45, 7) is -0.612. The molecule has 0 aliphatic carbocycles. The van der Waals surface area contributed by atoms with E-state index in [-0.39, 0.29) is 11.5 Å². The number of aliphatic hydroxyl groups is 4. The van der Waals surface area contributed by atoms with Crippen molar-refractivity contribution in [3.8, 4) is 0 Å². The summed E-state index contributed by atoms with van der Waals surface area (Å²) in [5, 5.41) is 42.2. The summed E-state index contributed by atoms with van der Waals surface area (Å²) >= 11 is 0.727. The van der Waals surface area contributed by atoms with Crippen LogP contribution < -0.4 is 0 Å². The van der Waals surface area contributed by atoms with Gasteiger partial charge in [-0.15, -0.1) is 0 Å². The molecular formula is C14H26NO10S3-. The predicted octanol–water partition coefficient (Wildman–Crippen LogP) is -1.36.